The molecule has 5 nitrogen and oxygen atoms in total. The van der Waals surface area contributed by atoms with E-state index < -0.39 is 0 Å². The lowest BCUT2D eigenvalue weighted by Gasteiger charge is -2.43. The molecule has 2 heterocycles. The van der Waals surface area contributed by atoms with Gasteiger partial charge in [0.25, 0.3) is 0 Å². The van der Waals surface area contributed by atoms with Gasteiger partial charge in [0.05, 0.1) is 12.7 Å². The Balaban J connectivity index is 1.50. The summed E-state index contributed by atoms with van der Waals surface area (Å²) in [4.78, 5) is 6.86. The fraction of sp³-hybridized carbons (Fsp3) is 0.500. The summed E-state index contributed by atoms with van der Waals surface area (Å²) in [5.74, 6) is 1.66. The van der Waals surface area contributed by atoms with Crippen LogP contribution in [-0.4, -0.2) is 48.4 Å². The minimum Gasteiger partial charge on any atom is -0.496 e. The van der Waals surface area contributed by atoms with Crippen LogP contribution in [-0.2, 0) is 11.3 Å². The number of nitrogens with zero attached hydrogens (tertiary/aromatic N) is 2. The second-order valence-electron chi connectivity index (χ2n) is 7.50. The summed E-state index contributed by atoms with van der Waals surface area (Å²) in [7, 11) is 3.60. The SMILES string of the molecule is COc1ccccc1CN1CC[C@]2(OC)CC[C@@H](Oc3ccccn3)C[C@H]12. The van der Waals surface area contributed by atoms with Crippen molar-refractivity contribution in [3.63, 3.8) is 0 Å². The van der Waals surface area contributed by atoms with Crippen LogP contribution in [0.2, 0.25) is 0 Å². The lowest BCUT2D eigenvalue weighted by atomic mass is 9.79. The van der Waals surface area contributed by atoms with Crippen LogP contribution in [0, 0.1) is 0 Å². The smallest absolute Gasteiger partial charge is 0.213 e. The van der Waals surface area contributed by atoms with Gasteiger partial charge < -0.3 is 14.2 Å². The number of pyridine rings is 1. The quantitative estimate of drug-likeness (QED) is 0.778. The molecule has 0 unspecified atom stereocenters. The summed E-state index contributed by atoms with van der Waals surface area (Å²) in [6, 6.07) is 14.4. The molecule has 1 aromatic carbocycles. The number of hydrogen-bond acceptors (Lipinski definition) is 5. The summed E-state index contributed by atoms with van der Waals surface area (Å²) < 4.78 is 17.8. The van der Waals surface area contributed by atoms with E-state index in [1.807, 2.05) is 37.4 Å². The van der Waals surface area contributed by atoms with Gasteiger partial charge in [-0.05, 0) is 31.4 Å². The van der Waals surface area contributed by atoms with Crippen molar-refractivity contribution in [2.75, 3.05) is 20.8 Å². The Hall–Kier alpha value is -2.11. The van der Waals surface area contributed by atoms with Gasteiger partial charge in [-0.2, -0.15) is 0 Å². The van der Waals surface area contributed by atoms with Gasteiger partial charge in [0.1, 0.15) is 11.9 Å². The van der Waals surface area contributed by atoms with Gasteiger partial charge in [0.15, 0.2) is 0 Å². The lowest BCUT2D eigenvalue weighted by Crippen LogP contribution is -2.52. The summed E-state index contributed by atoms with van der Waals surface area (Å²) in [5.41, 5.74) is 1.16. The molecule has 0 radical (unpaired) electrons. The average molecular weight is 368 g/mol. The number of hydrogen-bond donors (Lipinski definition) is 0. The van der Waals surface area contributed by atoms with E-state index in [9.17, 15) is 0 Å². The largest absolute Gasteiger partial charge is 0.496 e. The summed E-state index contributed by atoms with van der Waals surface area (Å²) in [5, 5.41) is 0. The van der Waals surface area contributed by atoms with Crippen LogP contribution in [0.5, 0.6) is 11.6 Å². The van der Waals surface area contributed by atoms with Gasteiger partial charge >= 0.3 is 0 Å². The third-order valence-electron chi connectivity index (χ3n) is 6.14. The molecule has 3 atom stereocenters. The van der Waals surface area contributed by atoms with Gasteiger partial charge in [-0.1, -0.05) is 24.3 Å². The molecule has 1 saturated carbocycles. The van der Waals surface area contributed by atoms with Gasteiger partial charge in [0.2, 0.25) is 5.88 Å². The Morgan fingerprint density at radius 3 is 2.74 bits per heavy atom. The Morgan fingerprint density at radius 2 is 1.96 bits per heavy atom. The van der Waals surface area contributed by atoms with Gasteiger partial charge in [-0.15, -0.1) is 0 Å². The molecular weight excluding hydrogens is 340 g/mol. The minimum atomic E-state index is -0.0635. The monoisotopic (exact) mass is 368 g/mol. The number of rotatable bonds is 6. The second-order valence-corrected chi connectivity index (χ2v) is 7.50. The molecule has 27 heavy (non-hydrogen) atoms. The van der Waals surface area contributed by atoms with Crippen LogP contribution in [0.4, 0.5) is 0 Å². The zero-order valence-corrected chi connectivity index (χ0v) is 16.1. The standard InChI is InChI=1S/C22H28N2O3/c1-25-19-8-4-3-7-17(19)16-24-14-12-22(26-2)11-10-18(15-20(22)24)27-21-9-5-6-13-23-21/h3-9,13,18,20H,10-12,14-16H2,1-2H3/t18-,20+,22-/m1/s1. The molecule has 1 saturated heterocycles. The van der Waals surface area contributed by atoms with Crippen molar-refractivity contribution in [2.45, 2.75) is 50.0 Å². The first-order valence-electron chi connectivity index (χ1n) is 9.73. The van der Waals surface area contributed by atoms with Crippen LogP contribution in [0.15, 0.2) is 48.7 Å². The highest BCUT2D eigenvalue weighted by molar-refractivity contribution is 5.33. The van der Waals surface area contributed by atoms with E-state index in [0.717, 1.165) is 44.5 Å². The molecule has 144 valence electrons. The highest BCUT2D eigenvalue weighted by Crippen LogP contribution is 2.44. The summed E-state index contributed by atoms with van der Waals surface area (Å²) in [6.07, 6.45) is 6.00. The lowest BCUT2D eigenvalue weighted by molar-refractivity contribution is -0.0843. The van der Waals surface area contributed by atoms with E-state index in [2.05, 4.69) is 22.0 Å². The first-order valence-corrected chi connectivity index (χ1v) is 9.73. The van der Waals surface area contributed by atoms with Gasteiger partial charge in [-0.25, -0.2) is 4.98 Å². The van der Waals surface area contributed by atoms with Crippen molar-refractivity contribution in [3.8, 4) is 11.6 Å². The zero-order chi connectivity index (χ0) is 18.7. The highest BCUT2D eigenvalue weighted by atomic mass is 16.5. The third kappa shape index (κ3) is 3.66. The fourth-order valence-electron chi connectivity index (χ4n) is 4.69. The maximum Gasteiger partial charge on any atom is 0.213 e. The number of likely N-dealkylation sites (tertiary alicyclic amines) is 1. The molecular formula is C22H28N2O3. The van der Waals surface area contributed by atoms with Crippen molar-refractivity contribution in [3.05, 3.63) is 54.2 Å². The van der Waals surface area contributed by atoms with Crippen molar-refractivity contribution < 1.29 is 14.2 Å². The van der Waals surface area contributed by atoms with Crippen molar-refractivity contribution in [1.82, 2.24) is 9.88 Å². The van der Waals surface area contributed by atoms with Gasteiger partial charge in [-0.3, -0.25) is 4.90 Å². The second kappa shape index (κ2) is 7.87. The first kappa shape index (κ1) is 18.3. The van der Waals surface area contributed by atoms with E-state index in [-0.39, 0.29) is 11.7 Å². The van der Waals surface area contributed by atoms with Crippen LogP contribution in [0.1, 0.15) is 31.2 Å². The van der Waals surface area contributed by atoms with Crippen molar-refractivity contribution in [1.29, 1.82) is 0 Å². The normalized spacial score (nSPS) is 27.9. The first-order chi connectivity index (χ1) is 13.2. The number of benzene rings is 1. The maximum atomic E-state index is 6.18. The van der Waals surface area contributed by atoms with Crippen molar-refractivity contribution in [2.24, 2.45) is 0 Å². The topological polar surface area (TPSA) is 43.8 Å². The highest BCUT2D eigenvalue weighted by Gasteiger charge is 2.51. The third-order valence-corrected chi connectivity index (χ3v) is 6.14. The Kier molecular flexibility index (Phi) is 5.32. The van der Waals surface area contributed by atoms with E-state index >= 15 is 0 Å². The number of para-hydroxylation sites is 1. The molecule has 1 aromatic heterocycles. The molecule has 0 spiro atoms. The van der Waals surface area contributed by atoms with E-state index in [4.69, 9.17) is 14.2 Å². The number of fused-ring (bicyclic) bond motifs is 1. The van der Waals surface area contributed by atoms with Crippen LogP contribution in [0.25, 0.3) is 0 Å². The summed E-state index contributed by atoms with van der Waals surface area (Å²) >= 11 is 0. The molecule has 4 rings (SSSR count). The van der Waals surface area contributed by atoms with E-state index in [0.29, 0.717) is 11.9 Å². The molecule has 1 aliphatic carbocycles. The molecule has 0 bridgehead atoms. The number of aromatic nitrogens is 1. The molecule has 2 aliphatic rings. The zero-order valence-electron chi connectivity index (χ0n) is 16.1. The average Bonchev–Trinajstić information content (AvgIpc) is 3.08. The van der Waals surface area contributed by atoms with Crippen LogP contribution >= 0.6 is 0 Å². The molecule has 0 N–H and O–H groups in total. The molecule has 5 heteroatoms. The van der Waals surface area contributed by atoms with Crippen LogP contribution in [0.3, 0.4) is 0 Å². The van der Waals surface area contributed by atoms with Gasteiger partial charge in [0, 0.05) is 50.5 Å². The predicted molar refractivity (Wildman–Crippen MR) is 104 cm³/mol. The Labute approximate surface area is 161 Å². The summed E-state index contributed by atoms with van der Waals surface area (Å²) in [6.45, 7) is 1.91. The molecule has 0 amide bonds. The Bertz CT molecular complexity index is 754. The Morgan fingerprint density at radius 1 is 1.11 bits per heavy atom. The predicted octanol–water partition coefficient (Wildman–Crippen LogP) is 3.68. The maximum absolute atomic E-state index is 6.18. The molecule has 1 aliphatic heterocycles. The van der Waals surface area contributed by atoms with Crippen molar-refractivity contribution >= 4 is 0 Å². The number of ether oxygens (including phenoxy) is 3. The molecule has 2 aromatic rings. The number of methoxy groups -OCH3 is 2. The molecule has 2 fully saturated rings. The minimum absolute atomic E-state index is 0.0635. The van der Waals surface area contributed by atoms with E-state index in [1.54, 1.807) is 13.3 Å². The van der Waals surface area contributed by atoms with E-state index in [1.165, 1.54) is 5.56 Å². The fourth-order valence-corrected chi connectivity index (χ4v) is 4.69. The van der Waals surface area contributed by atoms with Crippen LogP contribution < -0.4 is 9.47 Å².